The van der Waals surface area contributed by atoms with E-state index in [2.05, 4.69) is 16.5 Å². The molecule has 0 saturated heterocycles. The smallest absolute Gasteiger partial charge is 0.156 e. The lowest BCUT2D eigenvalue weighted by Crippen LogP contribution is -1.97. The van der Waals surface area contributed by atoms with Crippen molar-refractivity contribution in [3.05, 3.63) is 25.0 Å². The molecule has 1 unspecified atom stereocenters. The Bertz CT molecular complexity index is 275. The number of thioether (sulfide) groups is 1. The first-order chi connectivity index (χ1) is 5.74. The number of nitrogen functional groups attached to an aromatic ring is 1. The average Bonchev–Trinajstić information content (AvgIpc) is 2.09. The van der Waals surface area contributed by atoms with Gasteiger partial charge in [-0.2, -0.15) is 0 Å². The van der Waals surface area contributed by atoms with Gasteiger partial charge in [0.05, 0.1) is 0 Å². The van der Waals surface area contributed by atoms with E-state index in [1.54, 1.807) is 24.2 Å². The fraction of sp³-hybridized carbons (Fsp3) is 0.250. The number of anilines is 1. The van der Waals surface area contributed by atoms with Crippen LogP contribution < -0.4 is 5.73 Å². The second kappa shape index (κ2) is 4.11. The van der Waals surface area contributed by atoms with E-state index >= 15 is 0 Å². The van der Waals surface area contributed by atoms with Gasteiger partial charge in [0, 0.05) is 17.6 Å². The third-order valence-electron chi connectivity index (χ3n) is 1.32. The molecule has 0 amide bonds. The molecule has 0 aliphatic carbocycles. The Balaban J connectivity index is 2.75. The Morgan fingerprint density at radius 3 is 2.83 bits per heavy atom. The molecular formula is C8H11N3S. The van der Waals surface area contributed by atoms with Crippen molar-refractivity contribution in [2.45, 2.75) is 17.2 Å². The molecule has 0 aliphatic rings. The van der Waals surface area contributed by atoms with E-state index in [4.69, 9.17) is 5.73 Å². The predicted octanol–water partition coefficient (Wildman–Crippen LogP) is 1.73. The highest BCUT2D eigenvalue weighted by Gasteiger charge is 2.04. The SMILES string of the molecule is C=CC(C)Sc1nccnc1N. The van der Waals surface area contributed by atoms with Crippen molar-refractivity contribution in [3.8, 4) is 0 Å². The van der Waals surface area contributed by atoms with E-state index in [0.29, 0.717) is 11.1 Å². The molecular weight excluding hydrogens is 170 g/mol. The summed E-state index contributed by atoms with van der Waals surface area (Å²) in [5, 5.41) is 1.08. The molecule has 1 atom stereocenters. The van der Waals surface area contributed by atoms with E-state index in [9.17, 15) is 0 Å². The lowest BCUT2D eigenvalue weighted by molar-refractivity contribution is 1.06. The van der Waals surface area contributed by atoms with Crippen LogP contribution in [0.1, 0.15) is 6.92 Å². The molecule has 12 heavy (non-hydrogen) atoms. The highest BCUT2D eigenvalue weighted by atomic mass is 32.2. The minimum atomic E-state index is 0.309. The van der Waals surface area contributed by atoms with Crippen LogP contribution in [0, 0.1) is 0 Å². The lowest BCUT2D eigenvalue weighted by Gasteiger charge is -2.05. The van der Waals surface area contributed by atoms with Gasteiger partial charge < -0.3 is 5.73 Å². The van der Waals surface area contributed by atoms with Gasteiger partial charge in [-0.1, -0.05) is 17.8 Å². The standard InChI is InChI=1S/C8H11N3S/c1-3-6(2)12-8-7(9)10-4-5-11-8/h3-6H,1H2,2H3,(H2,9,10). The predicted molar refractivity (Wildman–Crippen MR) is 52.0 cm³/mol. The third kappa shape index (κ3) is 2.23. The zero-order valence-corrected chi connectivity index (χ0v) is 7.71. The Kier molecular flexibility index (Phi) is 3.10. The second-order valence-electron chi connectivity index (χ2n) is 2.31. The molecule has 1 heterocycles. The van der Waals surface area contributed by atoms with Gasteiger partial charge in [-0.15, -0.1) is 6.58 Å². The van der Waals surface area contributed by atoms with Gasteiger partial charge in [0.15, 0.2) is 5.82 Å². The van der Waals surface area contributed by atoms with Gasteiger partial charge in [0.25, 0.3) is 0 Å². The Hall–Kier alpha value is -1.03. The molecule has 0 saturated carbocycles. The van der Waals surface area contributed by atoms with Crippen LogP contribution in [0.4, 0.5) is 5.82 Å². The maximum Gasteiger partial charge on any atom is 0.156 e. The molecule has 1 aromatic rings. The number of nitrogens with two attached hydrogens (primary N) is 1. The summed E-state index contributed by atoms with van der Waals surface area (Å²) >= 11 is 1.55. The fourth-order valence-corrected chi connectivity index (χ4v) is 1.39. The Morgan fingerprint density at radius 2 is 2.25 bits per heavy atom. The number of hydrogen-bond donors (Lipinski definition) is 1. The molecule has 4 heteroatoms. The van der Waals surface area contributed by atoms with Crippen LogP contribution in [-0.2, 0) is 0 Å². The summed E-state index contributed by atoms with van der Waals surface area (Å²) in [6.07, 6.45) is 5.06. The zero-order chi connectivity index (χ0) is 8.97. The fourth-order valence-electron chi connectivity index (χ4n) is 0.651. The third-order valence-corrected chi connectivity index (χ3v) is 2.42. The molecule has 1 rings (SSSR count). The molecule has 0 spiro atoms. The summed E-state index contributed by atoms with van der Waals surface area (Å²) in [7, 11) is 0. The van der Waals surface area contributed by atoms with Gasteiger partial charge in [-0.05, 0) is 6.92 Å². The number of aromatic nitrogens is 2. The van der Waals surface area contributed by atoms with Gasteiger partial charge in [-0.3, -0.25) is 0 Å². The van der Waals surface area contributed by atoms with Gasteiger partial charge in [0.2, 0.25) is 0 Å². The number of rotatable bonds is 3. The van der Waals surface area contributed by atoms with Crippen molar-refractivity contribution in [1.82, 2.24) is 9.97 Å². The highest BCUT2D eigenvalue weighted by molar-refractivity contribution is 8.00. The van der Waals surface area contributed by atoms with Gasteiger partial charge in [0.1, 0.15) is 5.03 Å². The van der Waals surface area contributed by atoms with Crippen LogP contribution in [0.5, 0.6) is 0 Å². The molecule has 0 bridgehead atoms. The van der Waals surface area contributed by atoms with Crippen molar-refractivity contribution in [2.24, 2.45) is 0 Å². The molecule has 64 valence electrons. The van der Waals surface area contributed by atoms with Gasteiger partial charge in [-0.25, -0.2) is 9.97 Å². The average molecular weight is 181 g/mol. The first-order valence-corrected chi connectivity index (χ1v) is 4.47. The maximum absolute atomic E-state index is 5.59. The van der Waals surface area contributed by atoms with Crippen LogP contribution in [0.2, 0.25) is 0 Å². The summed E-state index contributed by atoms with van der Waals surface area (Å²) in [5.74, 6) is 0.483. The number of hydrogen-bond acceptors (Lipinski definition) is 4. The minimum Gasteiger partial charge on any atom is -0.381 e. The Morgan fingerprint density at radius 1 is 1.58 bits per heavy atom. The van der Waals surface area contributed by atoms with Crippen LogP contribution in [0.3, 0.4) is 0 Å². The summed E-state index contributed by atoms with van der Waals surface area (Å²) < 4.78 is 0. The normalized spacial score (nSPS) is 12.4. The summed E-state index contributed by atoms with van der Waals surface area (Å²) in [4.78, 5) is 8.02. The number of nitrogens with zero attached hydrogens (tertiary/aromatic N) is 2. The van der Waals surface area contributed by atoms with Crippen molar-refractivity contribution in [3.63, 3.8) is 0 Å². The Labute approximate surface area is 76.1 Å². The van der Waals surface area contributed by atoms with E-state index in [1.165, 1.54) is 0 Å². The summed E-state index contributed by atoms with van der Waals surface area (Å²) in [5.41, 5.74) is 5.59. The maximum atomic E-state index is 5.59. The van der Waals surface area contributed by atoms with Crippen LogP contribution in [0.25, 0.3) is 0 Å². The van der Waals surface area contributed by atoms with E-state index in [0.717, 1.165) is 5.03 Å². The molecule has 0 aliphatic heterocycles. The molecule has 3 nitrogen and oxygen atoms in total. The second-order valence-corrected chi connectivity index (χ2v) is 3.67. The van der Waals surface area contributed by atoms with Crippen molar-refractivity contribution in [2.75, 3.05) is 5.73 Å². The molecule has 2 N–H and O–H groups in total. The van der Waals surface area contributed by atoms with Crippen molar-refractivity contribution in [1.29, 1.82) is 0 Å². The van der Waals surface area contributed by atoms with E-state index < -0.39 is 0 Å². The van der Waals surface area contributed by atoms with Crippen molar-refractivity contribution < 1.29 is 0 Å². The summed E-state index contributed by atoms with van der Waals surface area (Å²) in [6, 6.07) is 0. The first-order valence-electron chi connectivity index (χ1n) is 3.59. The van der Waals surface area contributed by atoms with E-state index in [-0.39, 0.29) is 0 Å². The van der Waals surface area contributed by atoms with E-state index in [1.807, 2.05) is 13.0 Å². The largest absolute Gasteiger partial charge is 0.381 e. The molecule has 0 aromatic carbocycles. The van der Waals surface area contributed by atoms with Crippen molar-refractivity contribution >= 4 is 17.6 Å². The minimum absolute atomic E-state index is 0.309. The zero-order valence-electron chi connectivity index (χ0n) is 6.90. The quantitative estimate of drug-likeness (QED) is 0.570. The molecule has 0 fully saturated rings. The molecule has 1 aromatic heterocycles. The first kappa shape index (κ1) is 9.06. The van der Waals surface area contributed by atoms with Crippen LogP contribution >= 0.6 is 11.8 Å². The highest BCUT2D eigenvalue weighted by Crippen LogP contribution is 2.24. The van der Waals surface area contributed by atoms with Gasteiger partial charge >= 0.3 is 0 Å². The molecule has 0 radical (unpaired) electrons. The monoisotopic (exact) mass is 181 g/mol. The summed E-state index contributed by atoms with van der Waals surface area (Å²) in [6.45, 7) is 5.71. The lowest BCUT2D eigenvalue weighted by atomic mass is 10.5. The van der Waals surface area contributed by atoms with Crippen LogP contribution in [-0.4, -0.2) is 15.2 Å². The van der Waals surface area contributed by atoms with Crippen LogP contribution in [0.15, 0.2) is 30.1 Å². The topological polar surface area (TPSA) is 51.8 Å².